The molecule has 0 radical (unpaired) electrons. The van der Waals surface area contributed by atoms with Gasteiger partial charge >= 0.3 is 0 Å². The maximum atomic E-state index is 9.88. The van der Waals surface area contributed by atoms with E-state index in [4.69, 9.17) is 4.74 Å². The molecule has 3 unspecified atom stereocenters. The van der Waals surface area contributed by atoms with Crippen LogP contribution in [0.3, 0.4) is 0 Å². The minimum Gasteiger partial charge on any atom is -0.510 e. The number of hydrogen-bond donors (Lipinski definition) is 2. The Balaban J connectivity index is 2.24. The second-order valence-corrected chi connectivity index (χ2v) is 9.21. The van der Waals surface area contributed by atoms with E-state index in [1.165, 1.54) is 11.1 Å². The number of allylic oxidation sites excluding steroid dienone is 8. The number of rotatable bonds is 4. The standard InChI is InChI=1S/C15H16Br4O3/c1-7(20)6-22-15-12(18)4-9(5-13(15)19)8-2-10(16)14(21)11(17)3-8/h2,4,7,11,13,20-21H,3,5-6H2,1H3. The van der Waals surface area contributed by atoms with Gasteiger partial charge in [0.1, 0.15) is 18.1 Å². The summed E-state index contributed by atoms with van der Waals surface area (Å²) >= 11 is 14.1. The SMILES string of the molecule is CC(O)COC1=C(Br)C=C(C2=CC(Br)=C(O)C(Br)C2)CC1Br. The molecule has 0 aromatic heterocycles. The van der Waals surface area contributed by atoms with Gasteiger partial charge in [0.05, 0.1) is 24.7 Å². The van der Waals surface area contributed by atoms with Gasteiger partial charge in [0.2, 0.25) is 0 Å². The zero-order valence-corrected chi connectivity index (χ0v) is 18.2. The van der Waals surface area contributed by atoms with Gasteiger partial charge in [-0.25, -0.2) is 0 Å². The number of alkyl halides is 2. The predicted molar refractivity (Wildman–Crippen MR) is 103 cm³/mol. The third kappa shape index (κ3) is 4.50. The van der Waals surface area contributed by atoms with E-state index in [1.54, 1.807) is 6.92 Å². The van der Waals surface area contributed by atoms with Crippen molar-refractivity contribution in [2.45, 2.75) is 35.5 Å². The summed E-state index contributed by atoms with van der Waals surface area (Å²) < 4.78 is 7.25. The summed E-state index contributed by atoms with van der Waals surface area (Å²) in [4.78, 5) is -0.0271. The molecular formula is C15H16Br4O3. The zero-order chi connectivity index (χ0) is 16.4. The molecule has 22 heavy (non-hydrogen) atoms. The van der Waals surface area contributed by atoms with E-state index in [0.29, 0.717) is 10.2 Å². The Labute approximate surface area is 163 Å². The minimum absolute atomic E-state index is 0.0496. The lowest BCUT2D eigenvalue weighted by molar-refractivity contribution is 0.0810. The largest absolute Gasteiger partial charge is 0.510 e. The number of ether oxygens (including phenoxy) is 1. The van der Waals surface area contributed by atoms with Crippen molar-refractivity contribution in [2.24, 2.45) is 0 Å². The fourth-order valence-corrected chi connectivity index (χ4v) is 5.42. The van der Waals surface area contributed by atoms with Crippen molar-refractivity contribution < 1.29 is 14.9 Å². The molecule has 0 spiro atoms. The molecule has 0 saturated heterocycles. The Morgan fingerprint density at radius 3 is 2.18 bits per heavy atom. The molecule has 0 aromatic carbocycles. The first kappa shape index (κ1) is 18.8. The van der Waals surface area contributed by atoms with Gasteiger partial charge in [0.25, 0.3) is 0 Å². The highest BCUT2D eigenvalue weighted by molar-refractivity contribution is 9.12. The molecule has 0 aromatic rings. The van der Waals surface area contributed by atoms with Crippen molar-refractivity contribution >= 4 is 63.7 Å². The summed E-state index contributed by atoms with van der Waals surface area (Å²) in [6.07, 6.45) is 5.02. The van der Waals surface area contributed by atoms with E-state index in [0.717, 1.165) is 23.1 Å². The summed E-state index contributed by atoms with van der Waals surface area (Å²) in [5.41, 5.74) is 2.36. The molecule has 3 nitrogen and oxygen atoms in total. The van der Waals surface area contributed by atoms with Gasteiger partial charge in [-0.3, -0.25) is 0 Å². The van der Waals surface area contributed by atoms with Crippen LogP contribution in [0.2, 0.25) is 0 Å². The molecule has 0 fully saturated rings. The second kappa shape index (κ2) is 8.01. The van der Waals surface area contributed by atoms with Gasteiger partial charge in [-0.2, -0.15) is 0 Å². The van der Waals surface area contributed by atoms with Crippen LogP contribution >= 0.6 is 63.7 Å². The summed E-state index contributed by atoms with van der Waals surface area (Å²) in [6.45, 7) is 1.96. The average Bonchev–Trinajstić information content (AvgIpc) is 2.42. The quantitative estimate of drug-likeness (QED) is 0.454. The molecule has 0 amide bonds. The smallest absolute Gasteiger partial charge is 0.124 e. The fourth-order valence-electron chi connectivity index (χ4n) is 2.26. The van der Waals surface area contributed by atoms with E-state index in [1.807, 2.05) is 12.2 Å². The molecule has 0 aliphatic heterocycles. The van der Waals surface area contributed by atoms with Crippen LogP contribution in [0.5, 0.6) is 0 Å². The van der Waals surface area contributed by atoms with Crippen LogP contribution in [0.25, 0.3) is 0 Å². The Hall–Kier alpha value is 0.440. The van der Waals surface area contributed by atoms with Crippen molar-refractivity contribution in [3.63, 3.8) is 0 Å². The van der Waals surface area contributed by atoms with E-state index in [2.05, 4.69) is 63.7 Å². The van der Waals surface area contributed by atoms with Crippen molar-refractivity contribution in [1.29, 1.82) is 0 Å². The number of aliphatic hydroxyl groups is 2. The van der Waals surface area contributed by atoms with Gasteiger partial charge in [-0.1, -0.05) is 31.9 Å². The summed E-state index contributed by atoms with van der Waals surface area (Å²) in [5.74, 6) is 1.13. The molecular weight excluding hydrogens is 548 g/mol. The van der Waals surface area contributed by atoms with E-state index >= 15 is 0 Å². The highest BCUT2D eigenvalue weighted by atomic mass is 79.9. The van der Waals surface area contributed by atoms with Crippen molar-refractivity contribution in [3.05, 3.63) is 43.8 Å². The maximum absolute atomic E-state index is 9.88. The van der Waals surface area contributed by atoms with Gasteiger partial charge in [0.15, 0.2) is 0 Å². The van der Waals surface area contributed by atoms with Gasteiger partial charge < -0.3 is 14.9 Å². The Kier molecular flexibility index (Phi) is 6.84. The van der Waals surface area contributed by atoms with E-state index < -0.39 is 6.10 Å². The highest BCUT2D eigenvalue weighted by Gasteiger charge is 2.28. The lowest BCUT2D eigenvalue weighted by Crippen LogP contribution is -2.19. The molecule has 3 atom stereocenters. The molecule has 0 heterocycles. The lowest BCUT2D eigenvalue weighted by Gasteiger charge is -2.27. The van der Waals surface area contributed by atoms with Crippen LogP contribution in [0, 0.1) is 0 Å². The molecule has 122 valence electrons. The Morgan fingerprint density at radius 2 is 1.68 bits per heavy atom. The molecule has 7 heteroatoms. The molecule has 2 N–H and O–H groups in total. The zero-order valence-electron chi connectivity index (χ0n) is 11.8. The van der Waals surface area contributed by atoms with Crippen LogP contribution in [0.15, 0.2) is 43.8 Å². The molecule has 0 bridgehead atoms. The second-order valence-electron chi connectivity index (χ2n) is 5.29. The molecule has 0 saturated carbocycles. The van der Waals surface area contributed by atoms with Crippen molar-refractivity contribution in [1.82, 2.24) is 0 Å². The third-order valence-corrected chi connectivity index (χ3v) is 6.11. The minimum atomic E-state index is -0.503. The van der Waals surface area contributed by atoms with Crippen LogP contribution < -0.4 is 0 Å². The Bertz CT molecular complexity index is 575. The van der Waals surface area contributed by atoms with Gasteiger partial charge in [0, 0.05) is 0 Å². The van der Waals surface area contributed by atoms with Crippen molar-refractivity contribution in [2.75, 3.05) is 6.61 Å². The number of halogens is 4. The van der Waals surface area contributed by atoms with Crippen LogP contribution in [0.1, 0.15) is 19.8 Å². The van der Waals surface area contributed by atoms with Crippen LogP contribution in [-0.4, -0.2) is 32.6 Å². The Morgan fingerprint density at radius 1 is 1.14 bits per heavy atom. The van der Waals surface area contributed by atoms with Crippen LogP contribution in [0.4, 0.5) is 0 Å². The summed E-state index contributed by atoms with van der Waals surface area (Å²) in [6, 6.07) is 0. The summed E-state index contributed by atoms with van der Waals surface area (Å²) in [5, 5.41) is 19.2. The normalized spacial score (nSPS) is 27.5. The number of hydrogen-bond acceptors (Lipinski definition) is 3. The van der Waals surface area contributed by atoms with Gasteiger partial charge in [-0.15, -0.1) is 0 Å². The van der Waals surface area contributed by atoms with E-state index in [-0.39, 0.29) is 16.3 Å². The lowest BCUT2D eigenvalue weighted by atomic mass is 9.90. The summed E-state index contributed by atoms with van der Waals surface area (Å²) in [7, 11) is 0. The van der Waals surface area contributed by atoms with E-state index in [9.17, 15) is 10.2 Å². The number of aliphatic hydroxyl groups excluding tert-OH is 2. The first-order valence-corrected chi connectivity index (χ1v) is 10.2. The van der Waals surface area contributed by atoms with Crippen molar-refractivity contribution in [3.8, 4) is 0 Å². The average molecular weight is 564 g/mol. The fraction of sp³-hybridized carbons (Fsp3) is 0.467. The molecule has 2 rings (SSSR count). The van der Waals surface area contributed by atoms with Gasteiger partial charge in [-0.05, 0) is 74.9 Å². The monoisotopic (exact) mass is 560 g/mol. The first-order valence-electron chi connectivity index (χ1n) is 6.78. The maximum Gasteiger partial charge on any atom is 0.124 e. The predicted octanol–water partition coefficient (Wildman–Crippen LogP) is 5.34. The highest BCUT2D eigenvalue weighted by Crippen LogP contribution is 2.41. The van der Waals surface area contributed by atoms with Crippen LogP contribution in [-0.2, 0) is 4.74 Å². The first-order chi connectivity index (χ1) is 10.3. The third-order valence-electron chi connectivity index (χ3n) is 3.35. The topological polar surface area (TPSA) is 49.7 Å². The molecule has 2 aliphatic rings. The molecule has 2 aliphatic carbocycles.